The quantitative estimate of drug-likeness (QED) is 0.431. The lowest BCUT2D eigenvalue weighted by Crippen LogP contribution is -1.95. The summed E-state index contributed by atoms with van der Waals surface area (Å²) in [6.45, 7) is 0. The summed E-state index contributed by atoms with van der Waals surface area (Å²) in [4.78, 5) is 4.42. The van der Waals surface area contributed by atoms with E-state index < -0.39 is 0 Å². The summed E-state index contributed by atoms with van der Waals surface area (Å²) in [7, 11) is 3.56. The summed E-state index contributed by atoms with van der Waals surface area (Å²) in [6, 6.07) is 15.1. The van der Waals surface area contributed by atoms with Gasteiger partial charge in [-0.15, -0.1) is 10.2 Å². The molecule has 28 heavy (non-hydrogen) atoms. The fourth-order valence-electron chi connectivity index (χ4n) is 2.62. The summed E-state index contributed by atoms with van der Waals surface area (Å²) in [5.41, 5.74) is 1.70. The first-order chi connectivity index (χ1) is 13.7. The summed E-state index contributed by atoms with van der Waals surface area (Å²) < 4.78 is 12.5. The number of thioether (sulfide) groups is 1. The van der Waals surface area contributed by atoms with Crippen LogP contribution in [0.25, 0.3) is 22.8 Å². The van der Waals surface area contributed by atoms with Crippen molar-refractivity contribution < 1.29 is 9.26 Å². The van der Waals surface area contributed by atoms with E-state index in [1.54, 1.807) is 13.2 Å². The molecular weight excluding hydrogens is 398 g/mol. The van der Waals surface area contributed by atoms with E-state index >= 15 is 0 Å². The topological polar surface area (TPSA) is 78.9 Å². The van der Waals surface area contributed by atoms with Gasteiger partial charge in [0.2, 0.25) is 11.7 Å². The van der Waals surface area contributed by atoms with Crippen LogP contribution in [0.3, 0.4) is 0 Å². The number of ether oxygens (including phenoxy) is 1. The molecule has 0 fully saturated rings. The van der Waals surface area contributed by atoms with Gasteiger partial charge in [0.15, 0.2) is 11.0 Å². The van der Waals surface area contributed by atoms with Gasteiger partial charge in [-0.1, -0.05) is 40.7 Å². The van der Waals surface area contributed by atoms with E-state index in [2.05, 4.69) is 20.3 Å². The van der Waals surface area contributed by atoms with Gasteiger partial charge >= 0.3 is 0 Å². The monoisotopic (exact) mass is 413 g/mol. The molecule has 0 aliphatic rings. The Bertz CT molecular complexity index is 1090. The molecule has 142 valence electrons. The second-order valence-electron chi connectivity index (χ2n) is 5.87. The predicted octanol–water partition coefficient (Wildman–Crippen LogP) is 4.49. The summed E-state index contributed by atoms with van der Waals surface area (Å²) in [6.07, 6.45) is 0. The molecule has 7 nitrogen and oxygen atoms in total. The van der Waals surface area contributed by atoms with E-state index in [1.807, 2.05) is 54.1 Å². The van der Waals surface area contributed by atoms with E-state index in [9.17, 15) is 0 Å². The normalized spacial score (nSPS) is 11.0. The summed E-state index contributed by atoms with van der Waals surface area (Å²) in [5, 5.41) is 13.9. The van der Waals surface area contributed by atoms with E-state index in [1.165, 1.54) is 11.8 Å². The molecule has 0 saturated heterocycles. The molecule has 0 atom stereocenters. The molecule has 0 aliphatic carbocycles. The first kappa shape index (κ1) is 18.5. The molecule has 0 amide bonds. The highest BCUT2D eigenvalue weighted by Gasteiger charge is 2.15. The Morgan fingerprint density at radius 2 is 1.89 bits per heavy atom. The molecule has 0 radical (unpaired) electrons. The highest BCUT2D eigenvalue weighted by Crippen LogP contribution is 2.28. The SMILES string of the molecule is COc1ccc(-c2nnc(SCc3nc(-c4ccccc4Cl)no3)n2C)cc1. The van der Waals surface area contributed by atoms with Crippen molar-refractivity contribution in [3.63, 3.8) is 0 Å². The van der Waals surface area contributed by atoms with Crippen LogP contribution in [-0.4, -0.2) is 32.0 Å². The highest BCUT2D eigenvalue weighted by molar-refractivity contribution is 7.98. The molecule has 4 rings (SSSR count). The Morgan fingerprint density at radius 1 is 1.11 bits per heavy atom. The van der Waals surface area contributed by atoms with Crippen LogP contribution in [0, 0.1) is 0 Å². The number of aromatic nitrogens is 5. The van der Waals surface area contributed by atoms with E-state index in [0.29, 0.717) is 22.5 Å². The summed E-state index contributed by atoms with van der Waals surface area (Å²) in [5.74, 6) is 3.01. The Hall–Kier alpha value is -2.84. The van der Waals surface area contributed by atoms with Crippen molar-refractivity contribution >= 4 is 23.4 Å². The molecule has 0 aliphatic heterocycles. The third kappa shape index (κ3) is 3.74. The minimum absolute atomic E-state index is 0.470. The minimum Gasteiger partial charge on any atom is -0.497 e. The molecule has 9 heteroatoms. The average Bonchev–Trinajstić information content (AvgIpc) is 3.33. The van der Waals surface area contributed by atoms with Gasteiger partial charge in [-0.2, -0.15) is 4.98 Å². The van der Waals surface area contributed by atoms with E-state index in [-0.39, 0.29) is 0 Å². The maximum atomic E-state index is 6.19. The zero-order valence-electron chi connectivity index (χ0n) is 15.2. The van der Waals surface area contributed by atoms with Crippen molar-refractivity contribution in [1.29, 1.82) is 0 Å². The molecule has 0 N–H and O–H groups in total. The minimum atomic E-state index is 0.470. The Morgan fingerprint density at radius 3 is 2.64 bits per heavy atom. The smallest absolute Gasteiger partial charge is 0.237 e. The van der Waals surface area contributed by atoms with E-state index in [4.69, 9.17) is 20.9 Å². The Kier molecular flexibility index (Phi) is 5.31. The summed E-state index contributed by atoms with van der Waals surface area (Å²) >= 11 is 7.66. The molecule has 2 aromatic carbocycles. The molecule has 2 heterocycles. The molecule has 2 aromatic heterocycles. The van der Waals surface area contributed by atoms with Crippen LogP contribution < -0.4 is 4.74 Å². The maximum Gasteiger partial charge on any atom is 0.237 e. The number of hydrogen-bond donors (Lipinski definition) is 0. The number of rotatable bonds is 6. The Balaban J connectivity index is 1.47. The maximum absolute atomic E-state index is 6.19. The van der Waals surface area contributed by atoms with Crippen LogP contribution in [0.15, 0.2) is 58.2 Å². The van der Waals surface area contributed by atoms with Gasteiger partial charge in [0.05, 0.1) is 17.9 Å². The van der Waals surface area contributed by atoms with Gasteiger partial charge in [-0.25, -0.2) is 0 Å². The van der Waals surface area contributed by atoms with Crippen molar-refractivity contribution in [2.24, 2.45) is 7.05 Å². The van der Waals surface area contributed by atoms with Gasteiger partial charge in [-0.3, -0.25) is 0 Å². The van der Waals surface area contributed by atoms with Gasteiger partial charge in [0.25, 0.3) is 0 Å². The molecule has 4 aromatic rings. The lowest BCUT2D eigenvalue weighted by atomic mass is 10.2. The van der Waals surface area contributed by atoms with Crippen molar-refractivity contribution in [2.75, 3.05) is 7.11 Å². The van der Waals surface area contributed by atoms with Gasteiger partial charge < -0.3 is 13.8 Å². The van der Waals surface area contributed by atoms with Gasteiger partial charge in [0, 0.05) is 18.2 Å². The third-order valence-corrected chi connectivity index (χ3v) is 5.43. The molecule has 0 unspecified atom stereocenters. The van der Waals surface area contributed by atoms with Crippen molar-refractivity contribution in [3.8, 4) is 28.5 Å². The van der Waals surface area contributed by atoms with Gasteiger partial charge in [-0.05, 0) is 36.4 Å². The second-order valence-corrected chi connectivity index (χ2v) is 7.22. The fraction of sp³-hybridized carbons (Fsp3) is 0.158. The fourth-order valence-corrected chi connectivity index (χ4v) is 3.59. The van der Waals surface area contributed by atoms with Crippen LogP contribution in [0.2, 0.25) is 5.02 Å². The first-order valence-corrected chi connectivity index (χ1v) is 9.76. The predicted molar refractivity (Wildman–Crippen MR) is 107 cm³/mol. The van der Waals surface area contributed by atoms with Gasteiger partial charge in [0.1, 0.15) is 5.75 Å². The first-order valence-electron chi connectivity index (χ1n) is 8.40. The molecule has 0 saturated carbocycles. The number of benzene rings is 2. The van der Waals surface area contributed by atoms with Crippen LogP contribution in [0.1, 0.15) is 5.89 Å². The lowest BCUT2D eigenvalue weighted by molar-refractivity contribution is 0.391. The number of halogens is 1. The van der Waals surface area contributed by atoms with Crippen LogP contribution in [0.4, 0.5) is 0 Å². The van der Waals surface area contributed by atoms with Crippen molar-refractivity contribution in [3.05, 3.63) is 59.4 Å². The lowest BCUT2D eigenvalue weighted by Gasteiger charge is -2.04. The largest absolute Gasteiger partial charge is 0.497 e. The number of methoxy groups -OCH3 is 1. The molecular formula is C19H16ClN5O2S. The second kappa shape index (κ2) is 8.04. The van der Waals surface area contributed by atoms with E-state index in [0.717, 1.165) is 27.9 Å². The standard InChI is InChI=1S/C19H16ClN5O2S/c1-25-18(12-7-9-13(26-2)10-8-12)22-23-19(25)28-11-16-21-17(24-27-16)14-5-3-4-6-15(14)20/h3-10H,11H2,1-2H3. The van der Waals surface area contributed by atoms with Crippen LogP contribution in [-0.2, 0) is 12.8 Å². The number of nitrogens with zero attached hydrogens (tertiary/aromatic N) is 5. The van der Waals surface area contributed by atoms with Crippen LogP contribution in [0.5, 0.6) is 5.75 Å². The zero-order valence-corrected chi connectivity index (χ0v) is 16.7. The third-order valence-electron chi connectivity index (χ3n) is 4.09. The Labute approximate surface area is 170 Å². The molecule has 0 bridgehead atoms. The van der Waals surface area contributed by atoms with Crippen molar-refractivity contribution in [1.82, 2.24) is 24.9 Å². The zero-order chi connectivity index (χ0) is 19.5. The van der Waals surface area contributed by atoms with Crippen LogP contribution >= 0.6 is 23.4 Å². The highest BCUT2D eigenvalue weighted by atomic mass is 35.5. The average molecular weight is 414 g/mol. The number of hydrogen-bond acceptors (Lipinski definition) is 7. The van der Waals surface area contributed by atoms with Crippen molar-refractivity contribution in [2.45, 2.75) is 10.9 Å². The molecule has 0 spiro atoms.